The summed E-state index contributed by atoms with van der Waals surface area (Å²) in [4.78, 5) is 41.3. The first-order chi connectivity index (χ1) is 17.8. The predicted molar refractivity (Wildman–Crippen MR) is 144 cm³/mol. The zero-order valence-corrected chi connectivity index (χ0v) is 23.7. The second kappa shape index (κ2) is 10.7. The molecular formula is C25H33N5O6S2. The molecule has 1 aromatic carbocycles. The minimum atomic E-state index is -3.81. The number of imide groups is 1. The van der Waals surface area contributed by atoms with Gasteiger partial charge in [-0.1, -0.05) is 0 Å². The fraction of sp³-hybridized carbons (Fsp3) is 0.480. The highest BCUT2D eigenvalue weighted by Gasteiger charge is 2.42. The Morgan fingerprint density at radius 1 is 1.11 bits per heavy atom. The Balaban J connectivity index is 1.59. The minimum Gasteiger partial charge on any atom is -0.363 e. The van der Waals surface area contributed by atoms with Crippen molar-refractivity contribution in [2.45, 2.75) is 57.1 Å². The first-order valence-electron chi connectivity index (χ1n) is 12.3. The van der Waals surface area contributed by atoms with Gasteiger partial charge in [-0.2, -0.15) is 4.31 Å². The Labute approximate surface area is 226 Å². The number of hydrogen-bond acceptors (Lipinski definition) is 8. The quantitative estimate of drug-likeness (QED) is 0.491. The molecule has 38 heavy (non-hydrogen) atoms. The zero-order valence-electron chi connectivity index (χ0n) is 22.1. The second-order valence-corrected chi connectivity index (χ2v) is 13.1. The van der Waals surface area contributed by atoms with Crippen LogP contribution in [0.4, 0.5) is 9.80 Å². The van der Waals surface area contributed by atoms with Crippen LogP contribution in [0, 0.1) is 0 Å². The number of anilines is 1. The van der Waals surface area contributed by atoms with Crippen molar-refractivity contribution in [2.24, 2.45) is 0 Å². The molecule has 0 saturated carbocycles. The predicted octanol–water partition coefficient (Wildman–Crippen LogP) is 2.59. The molecule has 0 atom stereocenters. The molecule has 4 rings (SSSR count). The molecule has 0 aliphatic carbocycles. The van der Waals surface area contributed by atoms with E-state index < -0.39 is 33.4 Å². The number of thiophene rings is 1. The number of amides is 4. The molecule has 0 bridgehead atoms. The lowest BCUT2D eigenvalue weighted by atomic mass is 10.0. The van der Waals surface area contributed by atoms with Crippen molar-refractivity contribution in [3.63, 3.8) is 0 Å². The van der Waals surface area contributed by atoms with E-state index in [1.807, 2.05) is 0 Å². The highest BCUT2D eigenvalue weighted by atomic mass is 32.2. The molecule has 3 N–H and O–H groups in total. The second-order valence-electron chi connectivity index (χ2n) is 10.2. The lowest BCUT2D eigenvalue weighted by Gasteiger charge is -2.30. The summed E-state index contributed by atoms with van der Waals surface area (Å²) < 4.78 is 32.9. The Morgan fingerprint density at radius 3 is 2.37 bits per heavy atom. The summed E-state index contributed by atoms with van der Waals surface area (Å²) in [5, 5.41) is 7.83. The molecule has 1 aromatic heterocycles. The van der Waals surface area contributed by atoms with E-state index in [1.165, 1.54) is 47.0 Å². The average Bonchev–Trinajstić information content (AvgIpc) is 3.42. The van der Waals surface area contributed by atoms with Gasteiger partial charge in [0, 0.05) is 36.6 Å². The van der Waals surface area contributed by atoms with Gasteiger partial charge in [-0.15, -0.1) is 11.3 Å². The van der Waals surface area contributed by atoms with Crippen molar-refractivity contribution in [1.29, 1.82) is 0 Å². The number of ether oxygens (including phenoxy) is 1. The molecule has 3 heterocycles. The topological polar surface area (TPSA) is 137 Å². The van der Waals surface area contributed by atoms with Gasteiger partial charge in [0.2, 0.25) is 10.0 Å². The van der Waals surface area contributed by atoms with Gasteiger partial charge in [0.05, 0.1) is 22.6 Å². The molecule has 1 saturated heterocycles. The van der Waals surface area contributed by atoms with E-state index in [1.54, 1.807) is 13.8 Å². The Hall–Kier alpha value is -2.84. The fourth-order valence-corrected chi connectivity index (χ4v) is 7.44. The lowest BCUT2D eigenvalue weighted by molar-refractivity contribution is 0.0963. The van der Waals surface area contributed by atoms with Gasteiger partial charge in [0.15, 0.2) is 0 Å². The molecule has 0 unspecified atom stereocenters. The third-order valence-electron chi connectivity index (χ3n) is 6.77. The van der Waals surface area contributed by atoms with Crippen LogP contribution in [0.25, 0.3) is 0 Å². The van der Waals surface area contributed by atoms with Gasteiger partial charge in [-0.25, -0.2) is 13.2 Å². The number of nitrogens with zero attached hydrogens (tertiary/aromatic N) is 2. The molecule has 4 amide bonds. The van der Waals surface area contributed by atoms with Crippen LogP contribution in [-0.2, 0) is 27.7 Å². The monoisotopic (exact) mass is 563 g/mol. The van der Waals surface area contributed by atoms with Crippen LogP contribution in [0.15, 0.2) is 29.2 Å². The summed E-state index contributed by atoms with van der Waals surface area (Å²) in [6.45, 7) is 9.43. The van der Waals surface area contributed by atoms with E-state index in [4.69, 9.17) is 4.74 Å². The first-order valence-corrected chi connectivity index (χ1v) is 14.5. The first kappa shape index (κ1) is 28.2. The smallest absolute Gasteiger partial charge is 0.321 e. The van der Waals surface area contributed by atoms with Crippen LogP contribution in [0.1, 0.15) is 58.9 Å². The van der Waals surface area contributed by atoms with Gasteiger partial charge in [0.25, 0.3) is 11.8 Å². The van der Waals surface area contributed by atoms with Crippen molar-refractivity contribution in [3.8, 4) is 0 Å². The number of carbonyl (C=O) groups excluding carboxylic acids is 3. The molecule has 2 aliphatic heterocycles. The van der Waals surface area contributed by atoms with Crippen LogP contribution in [0.2, 0.25) is 0 Å². The fourth-order valence-electron chi connectivity index (χ4n) is 4.52. The summed E-state index contributed by atoms with van der Waals surface area (Å²) in [5.74, 6) is -1.08. The molecule has 1 fully saturated rings. The minimum absolute atomic E-state index is 0.0320. The van der Waals surface area contributed by atoms with E-state index in [2.05, 4.69) is 34.7 Å². The zero-order chi connectivity index (χ0) is 27.8. The Morgan fingerprint density at radius 2 is 1.79 bits per heavy atom. The average molecular weight is 564 g/mol. The number of nitrogens with one attached hydrogen (secondary N) is 3. The van der Waals surface area contributed by atoms with Crippen molar-refractivity contribution in [3.05, 3.63) is 45.8 Å². The lowest BCUT2D eigenvalue weighted by Crippen LogP contribution is -2.44. The van der Waals surface area contributed by atoms with Crippen molar-refractivity contribution < 1.29 is 27.5 Å². The molecule has 206 valence electrons. The van der Waals surface area contributed by atoms with Crippen LogP contribution < -0.4 is 16.0 Å². The van der Waals surface area contributed by atoms with E-state index in [0.29, 0.717) is 30.6 Å². The third kappa shape index (κ3) is 5.47. The molecule has 11 nitrogen and oxygen atoms in total. The largest absolute Gasteiger partial charge is 0.363 e. The Bertz CT molecular complexity index is 1350. The van der Waals surface area contributed by atoms with Crippen LogP contribution in [0.3, 0.4) is 0 Å². The number of benzene rings is 1. The SMILES string of the molecule is CNC(=O)NC(=O)c1c(NC(=O)c2ccc(S(=O)(=O)N3COCC3(C)C)cc2)sc2c1CCN(C(C)C)C2. The van der Waals surface area contributed by atoms with E-state index in [-0.39, 0.29) is 22.8 Å². The van der Waals surface area contributed by atoms with Gasteiger partial charge in [-0.05, 0) is 63.9 Å². The van der Waals surface area contributed by atoms with Gasteiger partial charge in [0.1, 0.15) is 11.7 Å². The highest BCUT2D eigenvalue weighted by molar-refractivity contribution is 7.89. The maximum absolute atomic E-state index is 13.2. The summed E-state index contributed by atoms with van der Waals surface area (Å²) in [6.07, 6.45) is 0.611. The molecule has 0 spiro atoms. The van der Waals surface area contributed by atoms with Gasteiger partial charge < -0.3 is 15.4 Å². The van der Waals surface area contributed by atoms with Crippen LogP contribution in [0.5, 0.6) is 0 Å². The number of carbonyl (C=O) groups is 3. The number of fused-ring (bicyclic) bond motifs is 1. The number of hydrogen-bond donors (Lipinski definition) is 3. The van der Waals surface area contributed by atoms with Crippen molar-refractivity contribution >= 4 is 44.2 Å². The molecule has 2 aromatic rings. The van der Waals surface area contributed by atoms with E-state index in [9.17, 15) is 22.8 Å². The molecule has 13 heteroatoms. The summed E-state index contributed by atoms with van der Waals surface area (Å²) >= 11 is 1.31. The molecule has 0 radical (unpaired) electrons. The van der Waals surface area contributed by atoms with Crippen LogP contribution >= 0.6 is 11.3 Å². The summed E-state index contributed by atoms with van der Waals surface area (Å²) in [7, 11) is -2.40. The van der Waals surface area contributed by atoms with E-state index in [0.717, 1.165) is 17.0 Å². The number of rotatable bonds is 6. The molecular weight excluding hydrogens is 530 g/mol. The van der Waals surface area contributed by atoms with E-state index >= 15 is 0 Å². The highest BCUT2D eigenvalue weighted by Crippen LogP contribution is 2.38. The van der Waals surface area contributed by atoms with Crippen molar-refractivity contribution in [1.82, 2.24) is 19.8 Å². The maximum Gasteiger partial charge on any atom is 0.321 e. The summed E-state index contributed by atoms with van der Waals surface area (Å²) in [6, 6.07) is 5.32. The number of sulfonamides is 1. The van der Waals surface area contributed by atoms with Gasteiger partial charge >= 0.3 is 6.03 Å². The van der Waals surface area contributed by atoms with Gasteiger partial charge in [-0.3, -0.25) is 19.8 Å². The Kier molecular flexibility index (Phi) is 7.96. The standard InChI is InChI=1S/C25H33N5O6S2/c1-15(2)29-11-10-18-19(12-29)37-23(20(18)22(32)28-24(33)26-5)27-21(31)16-6-8-17(9-7-16)38(34,35)30-14-36-13-25(30,3)4/h6-9,15H,10-14H2,1-5H3,(H,27,31)(H2,26,28,32,33). The third-order valence-corrected chi connectivity index (χ3v) is 9.95. The number of urea groups is 1. The van der Waals surface area contributed by atoms with Crippen molar-refractivity contribution in [2.75, 3.05) is 32.2 Å². The maximum atomic E-state index is 13.2. The summed E-state index contributed by atoms with van der Waals surface area (Å²) in [5.41, 5.74) is 0.652. The normalized spacial score (nSPS) is 17.7. The molecule has 2 aliphatic rings. The van der Waals surface area contributed by atoms with Crippen LogP contribution in [-0.4, -0.2) is 74.0 Å².